The normalized spacial score (nSPS) is 11.3. The molecule has 0 spiro atoms. The van der Waals surface area contributed by atoms with Gasteiger partial charge in [-0.05, 0) is 6.92 Å². The molecule has 9 heteroatoms. The van der Waals surface area contributed by atoms with Crippen molar-refractivity contribution in [2.45, 2.75) is 20.4 Å². The lowest BCUT2D eigenvalue weighted by Crippen LogP contribution is -2.19. The van der Waals surface area contributed by atoms with E-state index in [4.69, 9.17) is 11.6 Å². The second-order valence-corrected chi connectivity index (χ2v) is 6.28. The largest absolute Gasteiger partial charge is 0.293 e. The van der Waals surface area contributed by atoms with E-state index in [9.17, 15) is 14.0 Å². The maximum Gasteiger partial charge on any atom is 0.259 e. The molecule has 0 aliphatic carbocycles. The van der Waals surface area contributed by atoms with Gasteiger partial charge in [0.2, 0.25) is 5.95 Å². The van der Waals surface area contributed by atoms with E-state index in [0.717, 1.165) is 10.7 Å². The number of fused-ring (bicyclic) bond motifs is 1. The Bertz CT molecular complexity index is 959. The SMILES string of the molecule is CC(=O)c1c(C)sc2nc(Cn3nc(Cl)cc3F)cc(=O)n12. The van der Waals surface area contributed by atoms with Crippen molar-refractivity contribution in [3.8, 4) is 0 Å². The first-order valence-electron chi connectivity index (χ1n) is 6.28. The predicted molar refractivity (Wildman–Crippen MR) is 80.4 cm³/mol. The van der Waals surface area contributed by atoms with E-state index in [1.807, 2.05) is 0 Å². The number of nitrogens with zero attached hydrogens (tertiary/aromatic N) is 4. The summed E-state index contributed by atoms with van der Waals surface area (Å²) in [6.07, 6.45) is 0. The van der Waals surface area contributed by atoms with E-state index >= 15 is 0 Å². The van der Waals surface area contributed by atoms with Crippen molar-refractivity contribution in [3.63, 3.8) is 0 Å². The standard InChI is InChI=1S/C13H10ClFN4O2S/c1-6(20)12-7(2)22-13-16-8(3-11(21)19(12)13)5-18-10(15)4-9(14)17-18/h3-4H,5H2,1-2H3. The van der Waals surface area contributed by atoms with Gasteiger partial charge in [0.05, 0.1) is 12.2 Å². The van der Waals surface area contributed by atoms with E-state index in [2.05, 4.69) is 10.1 Å². The molecule has 0 unspecified atom stereocenters. The van der Waals surface area contributed by atoms with Gasteiger partial charge in [0.1, 0.15) is 5.69 Å². The molecule has 0 aliphatic heterocycles. The van der Waals surface area contributed by atoms with Crippen molar-refractivity contribution in [2.24, 2.45) is 0 Å². The van der Waals surface area contributed by atoms with Gasteiger partial charge in [-0.2, -0.15) is 9.49 Å². The molecular weight excluding hydrogens is 331 g/mol. The van der Waals surface area contributed by atoms with E-state index in [0.29, 0.717) is 21.2 Å². The molecule has 6 nitrogen and oxygen atoms in total. The van der Waals surface area contributed by atoms with Crippen LogP contribution in [-0.2, 0) is 6.54 Å². The summed E-state index contributed by atoms with van der Waals surface area (Å²) in [5.41, 5.74) is 0.297. The molecule has 0 radical (unpaired) electrons. The fourth-order valence-corrected chi connectivity index (χ4v) is 3.46. The number of hydrogen-bond donors (Lipinski definition) is 0. The fraction of sp³-hybridized carbons (Fsp3) is 0.231. The van der Waals surface area contributed by atoms with Crippen LogP contribution in [-0.4, -0.2) is 24.9 Å². The summed E-state index contributed by atoms with van der Waals surface area (Å²) in [6, 6.07) is 2.34. The van der Waals surface area contributed by atoms with Gasteiger partial charge in [-0.1, -0.05) is 11.6 Å². The van der Waals surface area contributed by atoms with Gasteiger partial charge in [0.25, 0.3) is 5.56 Å². The quantitative estimate of drug-likeness (QED) is 0.686. The number of aryl methyl sites for hydroxylation is 1. The molecule has 3 aromatic heterocycles. The maximum atomic E-state index is 13.5. The lowest BCUT2D eigenvalue weighted by atomic mass is 10.3. The Balaban J connectivity index is 2.12. The zero-order valence-electron chi connectivity index (χ0n) is 11.6. The molecule has 0 amide bonds. The minimum absolute atomic E-state index is 0.0172. The van der Waals surface area contributed by atoms with Crippen LogP contribution in [0.25, 0.3) is 4.96 Å². The van der Waals surface area contributed by atoms with Gasteiger partial charge in [0.15, 0.2) is 15.9 Å². The van der Waals surface area contributed by atoms with Crippen LogP contribution in [0, 0.1) is 12.9 Å². The highest BCUT2D eigenvalue weighted by Gasteiger charge is 2.17. The van der Waals surface area contributed by atoms with Crippen LogP contribution >= 0.6 is 22.9 Å². The summed E-state index contributed by atoms with van der Waals surface area (Å²) in [5.74, 6) is -0.816. The highest BCUT2D eigenvalue weighted by atomic mass is 35.5. The Kier molecular flexibility index (Phi) is 3.57. The Morgan fingerprint density at radius 1 is 1.45 bits per heavy atom. The Morgan fingerprint density at radius 2 is 2.18 bits per heavy atom. The lowest BCUT2D eigenvalue weighted by Gasteiger charge is -2.03. The molecule has 0 atom stereocenters. The summed E-state index contributed by atoms with van der Waals surface area (Å²) in [5, 5.41) is 3.80. The highest BCUT2D eigenvalue weighted by molar-refractivity contribution is 7.17. The molecule has 22 heavy (non-hydrogen) atoms. The van der Waals surface area contributed by atoms with Gasteiger partial charge in [-0.15, -0.1) is 11.3 Å². The third-order valence-corrected chi connectivity index (χ3v) is 4.23. The van der Waals surface area contributed by atoms with Crippen molar-refractivity contribution >= 4 is 33.7 Å². The molecule has 3 heterocycles. The molecular formula is C13H10ClFN4O2S. The number of hydrogen-bond acceptors (Lipinski definition) is 5. The van der Waals surface area contributed by atoms with Crippen LogP contribution in [0.4, 0.5) is 4.39 Å². The van der Waals surface area contributed by atoms with E-state index in [1.54, 1.807) is 6.92 Å². The first kappa shape index (κ1) is 14.9. The van der Waals surface area contributed by atoms with Crippen molar-refractivity contribution in [2.75, 3.05) is 0 Å². The Hall–Kier alpha value is -2.06. The molecule has 114 valence electrons. The Morgan fingerprint density at radius 3 is 2.77 bits per heavy atom. The first-order chi connectivity index (χ1) is 10.4. The number of carbonyl (C=O) groups excluding carboxylic acids is 1. The molecule has 0 N–H and O–H groups in total. The second kappa shape index (κ2) is 5.29. The number of Topliss-reactive ketones (excluding diaryl/α,β-unsaturated/α-hetero) is 1. The first-order valence-corrected chi connectivity index (χ1v) is 7.48. The summed E-state index contributed by atoms with van der Waals surface area (Å²) in [6.45, 7) is 3.13. The van der Waals surface area contributed by atoms with Crippen molar-refractivity contribution < 1.29 is 9.18 Å². The zero-order valence-corrected chi connectivity index (χ0v) is 13.2. The summed E-state index contributed by atoms with van der Waals surface area (Å²) in [7, 11) is 0. The summed E-state index contributed by atoms with van der Waals surface area (Å²) in [4.78, 5) is 29.3. The van der Waals surface area contributed by atoms with Crippen LogP contribution in [0.5, 0.6) is 0 Å². The third kappa shape index (κ3) is 2.44. The molecule has 0 saturated heterocycles. The summed E-state index contributed by atoms with van der Waals surface area (Å²) >= 11 is 6.86. The topological polar surface area (TPSA) is 69.3 Å². The fourth-order valence-electron chi connectivity index (χ4n) is 2.24. The number of ketones is 1. The number of thiazole rings is 1. The van der Waals surface area contributed by atoms with Gasteiger partial charge >= 0.3 is 0 Å². The molecule has 3 aromatic rings. The van der Waals surface area contributed by atoms with Crippen LogP contribution in [0.2, 0.25) is 5.15 Å². The average molecular weight is 341 g/mol. The minimum Gasteiger partial charge on any atom is -0.293 e. The smallest absolute Gasteiger partial charge is 0.259 e. The zero-order chi connectivity index (χ0) is 16.0. The molecule has 0 aromatic carbocycles. The molecule has 0 fully saturated rings. The minimum atomic E-state index is -0.612. The molecule has 0 saturated carbocycles. The second-order valence-electron chi connectivity index (χ2n) is 4.71. The lowest BCUT2D eigenvalue weighted by molar-refractivity contribution is 0.101. The van der Waals surface area contributed by atoms with Crippen LogP contribution in [0.15, 0.2) is 16.9 Å². The number of halogens is 2. The number of aromatic nitrogens is 4. The van der Waals surface area contributed by atoms with Gasteiger partial charge in [-0.3, -0.25) is 9.59 Å². The van der Waals surface area contributed by atoms with Crippen molar-refractivity contribution in [1.29, 1.82) is 0 Å². The average Bonchev–Trinajstić information content (AvgIpc) is 2.89. The maximum absolute atomic E-state index is 13.5. The van der Waals surface area contributed by atoms with E-state index in [1.165, 1.54) is 28.7 Å². The predicted octanol–water partition coefficient (Wildman–Crippen LogP) is 2.30. The third-order valence-electron chi connectivity index (χ3n) is 3.09. The highest BCUT2D eigenvalue weighted by Crippen LogP contribution is 2.20. The Labute approximate surface area is 132 Å². The van der Waals surface area contributed by atoms with Gasteiger partial charge < -0.3 is 0 Å². The number of carbonyl (C=O) groups is 1. The monoisotopic (exact) mass is 340 g/mol. The van der Waals surface area contributed by atoms with Crippen LogP contribution in [0.3, 0.4) is 0 Å². The summed E-state index contributed by atoms with van der Waals surface area (Å²) < 4.78 is 15.8. The molecule has 0 bridgehead atoms. The van der Waals surface area contributed by atoms with Crippen molar-refractivity contribution in [3.05, 3.63) is 49.9 Å². The van der Waals surface area contributed by atoms with E-state index < -0.39 is 5.95 Å². The van der Waals surface area contributed by atoms with E-state index in [-0.39, 0.29) is 23.0 Å². The molecule has 0 aliphatic rings. The van der Waals surface area contributed by atoms with Gasteiger partial charge in [-0.25, -0.2) is 14.1 Å². The van der Waals surface area contributed by atoms with Crippen molar-refractivity contribution in [1.82, 2.24) is 19.2 Å². The molecule has 3 rings (SSSR count). The van der Waals surface area contributed by atoms with Crippen LogP contribution < -0.4 is 5.56 Å². The number of rotatable bonds is 3. The van der Waals surface area contributed by atoms with Gasteiger partial charge in [0, 0.05) is 23.9 Å². The van der Waals surface area contributed by atoms with Crippen LogP contribution in [0.1, 0.15) is 28.0 Å².